The molecule has 0 spiro atoms. The van der Waals surface area contributed by atoms with Crippen molar-refractivity contribution in [3.8, 4) is 0 Å². The molecule has 1 N–H and O–H groups in total. The summed E-state index contributed by atoms with van der Waals surface area (Å²) in [5.41, 5.74) is 4.15. The van der Waals surface area contributed by atoms with E-state index in [2.05, 4.69) is 62.7 Å². The maximum Gasteiger partial charge on any atom is 0.0628 e. The first-order valence-electron chi connectivity index (χ1n) is 7.48. The zero-order valence-corrected chi connectivity index (χ0v) is 12.5. The Labute approximate surface area is 121 Å². The summed E-state index contributed by atoms with van der Waals surface area (Å²) in [5.74, 6) is 0.605. The molecule has 1 heterocycles. The van der Waals surface area contributed by atoms with Gasteiger partial charge in [0.05, 0.1) is 5.69 Å². The van der Waals surface area contributed by atoms with Gasteiger partial charge in [0.25, 0.3) is 0 Å². The van der Waals surface area contributed by atoms with Crippen molar-refractivity contribution in [3.63, 3.8) is 0 Å². The van der Waals surface area contributed by atoms with Gasteiger partial charge < -0.3 is 5.32 Å². The van der Waals surface area contributed by atoms with E-state index in [0.717, 1.165) is 12.8 Å². The van der Waals surface area contributed by atoms with Gasteiger partial charge in [0.2, 0.25) is 0 Å². The number of rotatable bonds is 4. The normalized spacial score (nSPS) is 21.4. The predicted molar refractivity (Wildman–Crippen MR) is 81.8 cm³/mol. The van der Waals surface area contributed by atoms with Gasteiger partial charge in [0.15, 0.2) is 0 Å². The van der Waals surface area contributed by atoms with E-state index in [1.807, 2.05) is 4.68 Å². The van der Waals surface area contributed by atoms with Crippen LogP contribution in [-0.4, -0.2) is 16.8 Å². The molecule has 3 nitrogen and oxygen atoms in total. The van der Waals surface area contributed by atoms with E-state index in [1.165, 1.54) is 16.8 Å². The lowest BCUT2D eigenvalue weighted by Crippen LogP contribution is -2.23. The van der Waals surface area contributed by atoms with E-state index in [9.17, 15) is 0 Å². The van der Waals surface area contributed by atoms with Crippen LogP contribution in [0.15, 0.2) is 36.5 Å². The van der Waals surface area contributed by atoms with Gasteiger partial charge in [-0.25, -0.2) is 0 Å². The van der Waals surface area contributed by atoms with Crippen LogP contribution in [-0.2, 0) is 12.8 Å². The first-order chi connectivity index (χ1) is 9.69. The third-order valence-electron chi connectivity index (χ3n) is 4.32. The van der Waals surface area contributed by atoms with Crippen LogP contribution in [0.5, 0.6) is 0 Å². The Morgan fingerprint density at radius 3 is 2.80 bits per heavy atom. The molecule has 20 heavy (non-hydrogen) atoms. The molecular weight excluding hydrogens is 246 g/mol. The molecule has 2 aromatic rings. The van der Waals surface area contributed by atoms with Crippen LogP contribution < -0.4 is 5.32 Å². The summed E-state index contributed by atoms with van der Waals surface area (Å²) >= 11 is 0. The van der Waals surface area contributed by atoms with Crippen molar-refractivity contribution in [2.24, 2.45) is 5.92 Å². The first-order valence-corrected chi connectivity index (χ1v) is 7.48. The van der Waals surface area contributed by atoms with E-state index >= 15 is 0 Å². The summed E-state index contributed by atoms with van der Waals surface area (Å²) in [4.78, 5) is 0. The number of benzene rings is 1. The number of nitrogens with zero attached hydrogens (tertiary/aromatic N) is 2. The molecule has 3 heteroatoms. The van der Waals surface area contributed by atoms with Gasteiger partial charge >= 0.3 is 0 Å². The summed E-state index contributed by atoms with van der Waals surface area (Å²) in [6, 6.07) is 11.8. The monoisotopic (exact) mass is 269 g/mol. The fourth-order valence-corrected chi connectivity index (χ4v) is 3.30. The van der Waals surface area contributed by atoms with Crippen LogP contribution in [0.1, 0.15) is 42.8 Å². The summed E-state index contributed by atoms with van der Waals surface area (Å²) < 4.78 is 2.05. The Balaban J connectivity index is 1.78. The lowest BCUT2D eigenvalue weighted by Gasteiger charge is -2.19. The molecule has 1 aromatic heterocycles. The molecule has 2 atom stereocenters. The molecule has 0 saturated carbocycles. The lowest BCUT2D eigenvalue weighted by atomic mass is 9.95. The third kappa shape index (κ3) is 2.38. The van der Waals surface area contributed by atoms with Crippen LogP contribution >= 0.6 is 0 Å². The van der Waals surface area contributed by atoms with E-state index in [-0.39, 0.29) is 0 Å². The van der Waals surface area contributed by atoms with Crippen LogP contribution in [0.2, 0.25) is 0 Å². The number of fused-ring (bicyclic) bond motifs is 1. The maximum atomic E-state index is 4.69. The highest BCUT2D eigenvalue weighted by Gasteiger charge is 2.31. The number of aromatic nitrogens is 2. The van der Waals surface area contributed by atoms with Gasteiger partial charge in [-0.05, 0) is 56.8 Å². The molecule has 1 aromatic carbocycles. The fraction of sp³-hybridized carbons (Fsp3) is 0.471. The zero-order valence-electron chi connectivity index (χ0n) is 12.5. The summed E-state index contributed by atoms with van der Waals surface area (Å²) in [6.45, 7) is 4.33. The second-order valence-corrected chi connectivity index (χ2v) is 6.01. The van der Waals surface area contributed by atoms with Crippen molar-refractivity contribution in [2.45, 2.75) is 38.8 Å². The Morgan fingerprint density at radius 2 is 2.10 bits per heavy atom. The Kier molecular flexibility index (Phi) is 3.62. The van der Waals surface area contributed by atoms with Gasteiger partial charge in [0.1, 0.15) is 0 Å². The predicted octanol–water partition coefficient (Wildman–Crippen LogP) is 3.14. The van der Waals surface area contributed by atoms with Crippen LogP contribution in [0.4, 0.5) is 0 Å². The molecule has 106 valence electrons. The molecule has 0 radical (unpaired) electrons. The smallest absolute Gasteiger partial charge is 0.0628 e. The number of nitrogens with one attached hydrogen (secondary N) is 1. The van der Waals surface area contributed by atoms with Gasteiger partial charge in [0, 0.05) is 18.3 Å². The highest BCUT2D eigenvalue weighted by molar-refractivity contribution is 5.36. The van der Waals surface area contributed by atoms with Crippen molar-refractivity contribution in [1.82, 2.24) is 15.1 Å². The second kappa shape index (κ2) is 5.41. The third-order valence-corrected chi connectivity index (χ3v) is 4.32. The minimum atomic E-state index is 0.435. The topological polar surface area (TPSA) is 29.9 Å². The quantitative estimate of drug-likeness (QED) is 0.924. The molecule has 0 aliphatic heterocycles. The van der Waals surface area contributed by atoms with E-state index in [4.69, 9.17) is 5.10 Å². The Morgan fingerprint density at radius 1 is 1.30 bits per heavy atom. The van der Waals surface area contributed by atoms with Gasteiger partial charge in [-0.15, -0.1) is 0 Å². The number of hydrogen-bond acceptors (Lipinski definition) is 2. The van der Waals surface area contributed by atoms with E-state index in [0.29, 0.717) is 18.0 Å². The SMILES string of the molecule is CNC1c2ccccc2CC1Cc1ccn(C(C)C)n1. The standard InChI is InChI=1S/C17H23N3/c1-12(2)20-9-8-15(19-20)11-14-10-13-6-4-5-7-16(13)17(14)18-3/h4-9,12,14,17-18H,10-11H2,1-3H3. The minimum Gasteiger partial charge on any atom is -0.313 e. The average molecular weight is 269 g/mol. The molecule has 0 saturated heterocycles. The van der Waals surface area contributed by atoms with Crippen molar-refractivity contribution in [3.05, 3.63) is 53.3 Å². The van der Waals surface area contributed by atoms with Crippen molar-refractivity contribution >= 4 is 0 Å². The molecule has 1 aliphatic carbocycles. The minimum absolute atomic E-state index is 0.435. The second-order valence-electron chi connectivity index (χ2n) is 6.01. The summed E-state index contributed by atoms with van der Waals surface area (Å²) in [7, 11) is 2.06. The van der Waals surface area contributed by atoms with Crippen molar-refractivity contribution in [1.29, 1.82) is 0 Å². The molecular formula is C17H23N3. The molecule has 2 unspecified atom stereocenters. The summed E-state index contributed by atoms with van der Waals surface area (Å²) in [5, 5.41) is 8.18. The molecule has 3 rings (SSSR count). The van der Waals surface area contributed by atoms with Crippen LogP contribution in [0, 0.1) is 5.92 Å². The van der Waals surface area contributed by atoms with Crippen molar-refractivity contribution < 1.29 is 0 Å². The Bertz CT molecular complexity index is 585. The van der Waals surface area contributed by atoms with E-state index < -0.39 is 0 Å². The number of hydrogen-bond donors (Lipinski definition) is 1. The van der Waals surface area contributed by atoms with Gasteiger partial charge in [-0.2, -0.15) is 5.10 Å². The van der Waals surface area contributed by atoms with Gasteiger partial charge in [-0.3, -0.25) is 4.68 Å². The molecule has 0 fully saturated rings. The highest BCUT2D eigenvalue weighted by Crippen LogP contribution is 2.37. The summed E-state index contributed by atoms with van der Waals surface area (Å²) in [6.07, 6.45) is 4.28. The van der Waals surface area contributed by atoms with Gasteiger partial charge in [-0.1, -0.05) is 24.3 Å². The molecule has 0 bridgehead atoms. The zero-order chi connectivity index (χ0) is 14.1. The largest absolute Gasteiger partial charge is 0.313 e. The highest BCUT2D eigenvalue weighted by atomic mass is 15.3. The molecule has 1 aliphatic rings. The first kappa shape index (κ1) is 13.4. The fourth-order valence-electron chi connectivity index (χ4n) is 3.30. The van der Waals surface area contributed by atoms with E-state index in [1.54, 1.807) is 0 Å². The average Bonchev–Trinajstić information content (AvgIpc) is 3.02. The lowest BCUT2D eigenvalue weighted by molar-refractivity contribution is 0.403. The Hall–Kier alpha value is -1.61. The maximum absolute atomic E-state index is 4.69. The van der Waals surface area contributed by atoms with Crippen LogP contribution in [0.25, 0.3) is 0 Å². The van der Waals surface area contributed by atoms with Crippen molar-refractivity contribution in [2.75, 3.05) is 7.05 Å². The van der Waals surface area contributed by atoms with Crippen LogP contribution in [0.3, 0.4) is 0 Å². The molecule has 0 amide bonds.